The SMILES string of the molecule is CCCCC(=O)OC1CC(n2cc(C)c(=O)[nH]c2=O)OC1CN. The molecule has 8 nitrogen and oxygen atoms in total. The molecule has 128 valence electrons. The fraction of sp³-hybridized carbons (Fsp3) is 0.667. The van der Waals surface area contributed by atoms with E-state index in [1.165, 1.54) is 10.8 Å². The van der Waals surface area contributed by atoms with Crippen LogP contribution in [0.15, 0.2) is 15.8 Å². The Morgan fingerprint density at radius 1 is 1.52 bits per heavy atom. The Hall–Kier alpha value is -1.93. The van der Waals surface area contributed by atoms with E-state index in [0.29, 0.717) is 18.4 Å². The van der Waals surface area contributed by atoms with Crippen LogP contribution in [0.1, 0.15) is 44.4 Å². The fourth-order valence-electron chi connectivity index (χ4n) is 2.55. The number of unbranched alkanes of at least 4 members (excludes halogenated alkanes) is 1. The third kappa shape index (κ3) is 4.08. The summed E-state index contributed by atoms with van der Waals surface area (Å²) in [7, 11) is 0. The van der Waals surface area contributed by atoms with Crippen LogP contribution in [0, 0.1) is 6.92 Å². The van der Waals surface area contributed by atoms with Gasteiger partial charge in [0.25, 0.3) is 5.56 Å². The summed E-state index contributed by atoms with van der Waals surface area (Å²) >= 11 is 0. The maximum atomic E-state index is 11.9. The Morgan fingerprint density at radius 3 is 2.91 bits per heavy atom. The van der Waals surface area contributed by atoms with Gasteiger partial charge in [-0.1, -0.05) is 13.3 Å². The lowest BCUT2D eigenvalue weighted by Crippen LogP contribution is -2.34. The van der Waals surface area contributed by atoms with Gasteiger partial charge >= 0.3 is 11.7 Å². The molecule has 3 atom stereocenters. The Balaban J connectivity index is 2.12. The van der Waals surface area contributed by atoms with E-state index in [2.05, 4.69) is 4.98 Å². The molecule has 1 aromatic heterocycles. The molecule has 0 radical (unpaired) electrons. The van der Waals surface area contributed by atoms with Gasteiger partial charge in [0.2, 0.25) is 0 Å². The first-order valence-corrected chi connectivity index (χ1v) is 7.83. The number of esters is 1. The number of carbonyl (C=O) groups excluding carboxylic acids is 1. The minimum Gasteiger partial charge on any atom is -0.459 e. The van der Waals surface area contributed by atoms with Crippen molar-refractivity contribution in [2.24, 2.45) is 5.73 Å². The molecule has 1 fully saturated rings. The molecule has 3 unspecified atom stereocenters. The minimum absolute atomic E-state index is 0.180. The molecular weight excluding hydrogens is 302 g/mol. The predicted molar refractivity (Wildman–Crippen MR) is 83.0 cm³/mol. The van der Waals surface area contributed by atoms with Crippen molar-refractivity contribution in [3.63, 3.8) is 0 Å². The van der Waals surface area contributed by atoms with E-state index >= 15 is 0 Å². The second-order valence-electron chi connectivity index (χ2n) is 5.71. The molecule has 3 N–H and O–H groups in total. The van der Waals surface area contributed by atoms with Crippen LogP contribution in [-0.2, 0) is 14.3 Å². The van der Waals surface area contributed by atoms with Crippen molar-refractivity contribution in [3.8, 4) is 0 Å². The molecule has 8 heteroatoms. The molecule has 2 heterocycles. The van der Waals surface area contributed by atoms with E-state index in [1.807, 2.05) is 6.92 Å². The molecule has 0 amide bonds. The molecule has 0 saturated carbocycles. The molecule has 0 aromatic carbocycles. The maximum absolute atomic E-state index is 11.9. The summed E-state index contributed by atoms with van der Waals surface area (Å²) in [6.07, 6.45) is 2.22. The molecule has 0 aliphatic carbocycles. The van der Waals surface area contributed by atoms with Crippen molar-refractivity contribution in [3.05, 3.63) is 32.6 Å². The Labute approximate surface area is 133 Å². The number of aromatic nitrogens is 2. The first kappa shape index (κ1) is 17.4. The summed E-state index contributed by atoms with van der Waals surface area (Å²) in [6.45, 7) is 3.78. The van der Waals surface area contributed by atoms with Gasteiger partial charge in [-0.2, -0.15) is 0 Å². The first-order valence-electron chi connectivity index (χ1n) is 7.83. The summed E-state index contributed by atoms with van der Waals surface area (Å²) in [5.74, 6) is -0.287. The van der Waals surface area contributed by atoms with Crippen LogP contribution < -0.4 is 17.0 Å². The average molecular weight is 325 g/mol. The molecule has 1 aliphatic heterocycles. The number of aromatic amines is 1. The van der Waals surface area contributed by atoms with Gasteiger partial charge in [0, 0.05) is 31.1 Å². The number of carbonyl (C=O) groups is 1. The molecule has 1 aliphatic rings. The summed E-state index contributed by atoms with van der Waals surface area (Å²) in [6, 6.07) is 0. The third-order valence-electron chi connectivity index (χ3n) is 3.89. The van der Waals surface area contributed by atoms with Crippen LogP contribution >= 0.6 is 0 Å². The normalized spacial score (nSPS) is 23.9. The smallest absolute Gasteiger partial charge is 0.330 e. The number of hydrogen-bond acceptors (Lipinski definition) is 6. The van der Waals surface area contributed by atoms with Crippen molar-refractivity contribution >= 4 is 5.97 Å². The van der Waals surface area contributed by atoms with Crippen molar-refractivity contribution < 1.29 is 14.3 Å². The summed E-state index contributed by atoms with van der Waals surface area (Å²) in [5, 5.41) is 0. The second-order valence-corrected chi connectivity index (χ2v) is 5.71. The molecule has 1 aromatic rings. The summed E-state index contributed by atoms with van der Waals surface area (Å²) in [4.78, 5) is 37.4. The molecule has 0 spiro atoms. The zero-order chi connectivity index (χ0) is 17.0. The molecule has 2 rings (SSSR count). The van der Waals surface area contributed by atoms with Gasteiger partial charge in [-0.3, -0.25) is 19.1 Å². The van der Waals surface area contributed by atoms with Crippen molar-refractivity contribution in [1.29, 1.82) is 0 Å². The van der Waals surface area contributed by atoms with Crippen LogP contribution in [-0.4, -0.2) is 34.3 Å². The lowest BCUT2D eigenvalue weighted by Gasteiger charge is -2.16. The molecule has 1 saturated heterocycles. The van der Waals surface area contributed by atoms with Crippen LogP contribution in [0.3, 0.4) is 0 Å². The zero-order valence-electron chi connectivity index (χ0n) is 13.4. The highest BCUT2D eigenvalue weighted by atomic mass is 16.6. The van der Waals surface area contributed by atoms with Crippen LogP contribution in [0.25, 0.3) is 0 Å². The summed E-state index contributed by atoms with van der Waals surface area (Å²) in [5.41, 5.74) is 5.09. The predicted octanol–water partition coefficient (Wildman–Crippen LogP) is 0.193. The van der Waals surface area contributed by atoms with Gasteiger partial charge in [-0.15, -0.1) is 0 Å². The van der Waals surface area contributed by atoms with E-state index in [0.717, 1.165) is 12.8 Å². The largest absolute Gasteiger partial charge is 0.459 e. The van der Waals surface area contributed by atoms with E-state index in [9.17, 15) is 14.4 Å². The van der Waals surface area contributed by atoms with E-state index in [-0.39, 0.29) is 12.5 Å². The van der Waals surface area contributed by atoms with Crippen LogP contribution in [0.5, 0.6) is 0 Å². The average Bonchev–Trinajstić information content (AvgIpc) is 2.91. The van der Waals surface area contributed by atoms with Crippen molar-refractivity contribution in [2.75, 3.05) is 6.54 Å². The lowest BCUT2D eigenvalue weighted by molar-refractivity contribution is -0.151. The van der Waals surface area contributed by atoms with Crippen LogP contribution in [0.2, 0.25) is 0 Å². The Morgan fingerprint density at radius 2 is 2.26 bits per heavy atom. The maximum Gasteiger partial charge on any atom is 0.330 e. The number of ether oxygens (including phenoxy) is 2. The first-order chi connectivity index (χ1) is 11.0. The Kier molecular flexibility index (Phi) is 5.73. The number of H-pyrrole nitrogens is 1. The minimum atomic E-state index is -0.615. The third-order valence-corrected chi connectivity index (χ3v) is 3.89. The number of rotatable bonds is 6. The van der Waals surface area contributed by atoms with Gasteiger partial charge in [-0.25, -0.2) is 4.79 Å². The van der Waals surface area contributed by atoms with Crippen molar-refractivity contribution in [1.82, 2.24) is 9.55 Å². The van der Waals surface area contributed by atoms with Gasteiger partial charge in [-0.05, 0) is 13.3 Å². The molecular formula is C15H23N3O5. The van der Waals surface area contributed by atoms with Gasteiger partial charge < -0.3 is 15.2 Å². The summed E-state index contributed by atoms with van der Waals surface area (Å²) < 4.78 is 12.5. The number of nitrogens with one attached hydrogen (secondary N) is 1. The van der Waals surface area contributed by atoms with Gasteiger partial charge in [0.1, 0.15) is 18.4 Å². The highest BCUT2D eigenvalue weighted by Gasteiger charge is 2.38. The van der Waals surface area contributed by atoms with Crippen LogP contribution in [0.4, 0.5) is 0 Å². The number of nitrogens with zero attached hydrogens (tertiary/aromatic N) is 1. The fourth-order valence-corrected chi connectivity index (χ4v) is 2.55. The quantitative estimate of drug-likeness (QED) is 0.721. The zero-order valence-corrected chi connectivity index (χ0v) is 13.4. The van der Waals surface area contributed by atoms with Gasteiger partial charge in [0.15, 0.2) is 0 Å². The molecule has 23 heavy (non-hydrogen) atoms. The van der Waals surface area contributed by atoms with Gasteiger partial charge in [0.05, 0.1) is 0 Å². The second kappa shape index (κ2) is 7.56. The number of nitrogens with two attached hydrogens (primary N) is 1. The highest BCUT2D eigenvalue weighted by Crippen LogP contribution is 2.29. The van der Waals surface area contributed by atoms with E-state index in [1.54, 1.807) is 6.92 Å². The molecule has 0 bridgehead atoms. The van der Waals surface area contributed by atoms with Crippen molar-refractivity contribution in [2.45, 2.75) is 58.0 Å². The monoisotopic (exact) mass is 325 g/mol. The number of aryl methyl sites for hydroxylation is 1. The topological polar surface area (TPSA) is 116 Å². The lowest BCUT2D eigenvalue weighted by atomic mass is 10.1. The van der Waals surface area contributed by atoms with E-state index < -0.39 is 29.7 Å². The highest BCUT2D eigenvalue weighted by molar-refractivity contribution is 5.69. The Bertz CT molecular complexity index is 666. The standard InChI is InChI=1S/C15H23N3O5/c1-3-4-5-13(19)23-10-6-12(22-11(10)7-16)18-8-9(2)14(20)17-15(18)21/h8,10-12H,3-7,16H2,1-2H3,(H,17,20,21). The van der Waals surface area contributed by atoms with E-state index in [4.69, 9.17) is 15.2 Å². The number of hydrogen-bond donors (Lipinski definition) is 2.